The summed E-state index contributed by atoms with van der Waals surface area (Å²) in [5.41, 5.74) is 0.0680. The molecule has 2 heterocycles. The molecular weight excluding hydrogens is 239 g/mol. The molecule has 1 aliphatic heterocycles. The second-order valence-corrected chi connectivity index (χ2v) is 5.64. The minimum atomic E-state index is -0.685. The molecule has 0 spiro atoms. The Hall–Kier alpha value is -1.10. The minimum Gasteiger partial charge on any atom is -0.334 e. The van der Waals surface area contributed by atoms with Crippen LogP contribution < -0.4 is 0 Å². The summed E-state index contributed by atoms with van der Waals surface area (Å²) in [7, 11) is 0. The van der Waals surface area contributed by atoms with Crippen molar-refractivity contribution in [2.45, 2.75) is 25.1 Å². The molecule has 0 aromatic carbocycles. The molecule has 1 aromatic rings. The van der Waals surface area contributed by atoms with Gasteiger partial charge in [0, 0.05) is 29.8 Å². The van der Waals surface area contributed by atoms with Gasteiger partial charge in [-0.3, -0.25) is 4.79 Å². The molecule has 3 nitrogen and oxygen atoms in total. The summed E-state index contributed by atoms with van der Waals surface area (Å²) in [4.78, 5) is 17.5. The van der Waals surface area contributed by atoms with Gasteiger partial charge in [-0.15, -0.1) is 0 Å². The average Bonchev–Trinajstić information content (AvgIpc) is 2.32. The zero-order valence-electron chi connectivity index (χ0n) is 9.89. The molecule has 0 radical (unpaired) electrons. The first-order valence-corrected chi connectivity index (χ1v) is 6.69. The summed E-state index contributed by atoms with van der Waals surface area (Å²) >= 11 is 1.84. The predicted molar refractivity (Wildman–Crippen MR) is 66.6 cm³/mol. The third kappa shape index (κ3) is 2.44. The molecule has 0 N–H and O–H groups in total. The Morgan fingerprint density at radius 1 is 1.59 bits per heavy atom. The number of pyridine rings is 1. The maximum Gasteiger partial charge on any atom is 0.258 e. The minimum absolute atomic E-state index is 0.0680. The number of amides is 1. The largest absolute Gasteiger partial charge is 0.334 e. The summed E-state index contributed by atoms with van der Waals surface area (Å²) in [6, 6.07) is 3.20. The van der Waals surface area contributed by atoms with Crippen molar-refractivity contribution < 1.29 is 9.18 Å². The monoisotopic (exact) mass is 254 g/mol. The van der Waals surface area contributed by atoms with Gasteiger partial charge in [0.2, 0.25) is 5.95 Å². The first-order valence-electron chi connectivity index (χ1n) is 5.64. The van der Waals surface area contributed by atoms with Crippen LogP contribution in [0.1, 0.15) is 24.2 Å². The molecule has 1 amide bonds. The summed E-state index contributed by atoms with van der Waals surface area (Å²) in [5, 5.41) is 0.382. The lowest BCUT2D eigenvalue weighted by Gasteiger charge is -2.37. The van der Waals surface area contributed by atoms with Crippen LogP contribution in [0.5, 0.6) is 0 Å². The third-order valence-corrected chi connectivity index (χ3v) is 4.47. The molecule has 0 bridgehead atoms. The lowest BCUT2D eigenvalue weighted by Crippen LogP contribution is -2.48. The number of hydrogen-bond acceptors (Lipinski definition) is 3. The van der Waals surface area contributed by atoms with E-state index in [1.165, 1.54) is 12.3 Å². The summed E-state index contributed by atoms with van der Waals surface area (Å²) in [6.45, 7) is 4.76. The molecule has 0 aliphatic carbocycles. The number of halogens is 1. The van der Waals surface area contributed by atoms with Crippen LogP contribution in [0.4, 0.5) is 4.39 Å². The standard InChI is InChI=1S/C12H15FN2OS/c1-8-9(2)17-7-6-15(8)12(16)10-4-3-5-14-11(10)13/h3-5,8-9H,6-7H2,1-2H3. The number of carbonyl (C=O) groups is 1. The van der Waals surface area contributed by atoms with Crippen molar-refractivity contribution in [3.63, 3.8) is 0 Å². The fourth-order valence-electron chi connectivity index (χ4n) is 1.92. The van der Waals surface area contributed by atoms with Gasteiger partial charge in [-0.05, 0) is 19.1 Å². The van der Waals surface area contributed by atoms with Crippen LogP contribution in [0.25, 0.3) is 0 Å². The van der Waals surface area contributed by atoms with Gasteiger partial charge in [0.25, 0.3) is 5.91 Å². The van der Waals surface area contributed by atoms with Gasteiger partial charge >= 0.3 is 0 Å². The fourth-order valence-corrected chi connectivity index (χ4v) is 3.02. The summed E-state index contributed by atoms with van der Waals surface area (Å²) < 4.78 is 13.5. The Labute approximate surface area is 104 Å². The topological polar surface area (TPSA) is 33.2 Å². The van der Waals surface area contributed by atoms with Gasteiger partial charge in [-0.1, -0.05) is 6.92 Å². The Balaban J connectivity index is 2.23. The summed E-state index contributed by atoms with van der Waals surface area (Å²) in [6.07, 6.45) is 1.35. The van der Waals surface area contributed by atoms with Crippen LogP contribution in [0.15, 0.2) is 18.3 Å². The van der Waals surface area contributed by atoms with Gasteiger partial charge in [-0.2, -0.15) is 16.2 Å². The maximum atomic E-state index is 13.5. The van der Waals surface area contributed by atoms with E-state index in [1.807, 2.05) is 18.7 Å². The van der Waals surface area contributed by atoms with E-state index in [0.29, 0.717) is 11.8 Å². The van der Waals surface area contributed by atoms with Crippen molar-refractivity contribution in [2.24, 2.45) is 0 Å². The van der Waals surface area contributed by atoms with Crippen molar-refractivity contribution in [1.29, 1.82) is 0 Å². The van der Waals surface area contributed by atoms with E-state index in [0.717, 1.165) is 5.75 Å². The van der Waals surface area contributed by atoms with E-state index in [4.69, 9.17) is 0 Å². The molecule has 1 fully saturated rings. The van der Waals surface area contributed by atoms with Crippen molar-refractivity contribution in [3.8, 4) is 0 Å². The fraction of sp³-hybridized carbons (Fsp3) is 0.500. The van der Waals surface area contributed by atoms with Crippen molar-refractivity contribution in [1.82, 2.24) is 9.88 Å². The van der Waals surface area contributed by atoms with Gasteiger partial charge < -0.3 is 4.90 Å². The average molecular weight is 254 g/mol. The smallest absolute Gasteiger partial charge is 0.258 e. The molecule has 5 heteroatoms. The van der Waals surface area contributed by atoms with E-state index in [9.17, 15) is 9.18 Å². The second-order valence-electron chi connectivity index (χ2n) is 4.16. The van der Waals surface area contributed by atoms with E-state index in [2.05, 4.69) is 11.9 Å². The lowest BCUT2D eigenvalue weighted by atomic mass is 10.1. The van der Waals surface area contributed by atoms with Crippen molar-refractivity contribution in [2.75, 3.05) is 12.3 Å². The molecule has 2 unspecified atom stereocenters. The highest BCUT2D eigenvalue weighted by atomic mass is 32.2. The summed E-state index contributed by atoms with van der Waals surface area (Å²) in [5.74, 6) is -0.0371. The quantitative estimate of drug-likeness (QED) is 0.720. The highest BCUT2D eigenvalue weighted by Gasteiger charge is 2.30. The molecule has 17 heavy (non-hydrogen) atoms. The highest BCUT2D eigenvalue weighted by molar-refractivity contribution is 8.00. The van der Waals surface area contributed by atoms with Crippen LogP contribution >= 0.6 is 11.8 Å². The van der Waals surface area contributed by atoms with Crippen LogP contribution in [0.2, 0.25) is 0 Å². The molecule has 92 valence electrons. The van der Waals surface area contributed by atoms with E-state index >= 15 is 0 Å². The number of thioether (sulfide) groups is 1. The number of carbonyl (C=O) groups excluding carboxylic acids is 1. The Morgan fingerprint density at radius 3 is 3.06 bits per heavy atom. The van der Waals surface area contributed by atoms with E-state index in [-0.39, 0.29) is 17.5 Å². The molecule has 0 saturated carbocycles. The number of nitrogens with zero attached hydrogens (tertiary/aromatic N) is 2. The molecule has 2 atom stereocenters. The first-order chi connectivity index (χ1) is 8.11. The van der Waals surface area contributed by atoms with Crippen LogP contribution in [-0.4, -0.2) is 39.4 Å². The first kappa shape index (κ1) is 12.4. The molecule has 1 aliphatic rings. The van der Waals surface area contributed by atoms with Crippen LogP contribution in [-0.2, 0) is 0 Å². The van der Waals surface area contributed by atoms with Gasteiger partial charge in [-0.25, -0.2) is 4.98 Å². The highest BCUT2D eigenvalue weighted by Crippen LogP contribution is 2.25. The Kier molecular flexibility index (Phi) is 3.66. The number of rotatable bonds is 1. The van der Waals surface area contributed by atoms with Crippen molar-refractivity contribution in [3.05, 3.63) is 29.8 Å². The number of hydrogen-bond donors (Lipinski definition) is 0. The van der Waals surface area contributed by atoms with Crippen molar-refractivity contribution >= 4 is 17.7 Å². The molecule has 1 aromatic heterocycles. The lowest BCUT2D eigenvalue weighted by molar-refractivity contribution is 0.0692. The SMILES string of the molecule is CC1SCCN(C(=O)c2cccnc2F)C1C. The zero-order chi connectivity index (χ0) is 12.4. The Bertz CT molecular complexity index is 427. The van der Waals surface area contributed by atoms with Crippen LogP contribution in [0, 0.1) is 5.95 Å². The molecular formula is C12H15FN2OS. The van der Waals surface area contributed by atoms with E-state index in [1.54, 1.807) is 11.0 Å². The predicted octanol–water partition coefficient (Wildman–Crippen LogP) is 2.19. The maximum absolute atomic E-state index is 13.5. The van der Waals surface area contributed by atoms with Gasteiger partial charge in [0.1, 0.15) is 0 Å². The molecule has 2 rings (SSSR count). The Morgan fingerprint density at radius 2 is 2.35 bits per heavy atom. The number of aromatic nitrogens is 1. The second kappa shape index (κ2) is 5.04. The normalized spacial score (nSPS) is 24.8. The van der Waals surface area contributed by atoms with Gasteiger partial charge in [0.15, 0.2) is 0 Å². The van der Waals surface area contributed by atoms with Gasteiger partial charge in [0.05, 0.1) is 5.56 Å². The third-order valence-electron chi connectivity index (χ3n) is 3.13. The molecule has 1 saturated heterocycles. The van der Waals surface area contributed by atoms with E-state index < -0.39 is 5.95 Å². The zero-order valence-corrected chi connectivity index (χ0v) is 10.7. The van der Waals surface area contributed by atoms with Crippen LogP contribution in [0.3, 0.4) is 0 Å².